The number of anilines is 2. The molecular weight excluding hydrogens is 255 g/mol. The number of rotatable bonds is 1. The molecule has 4 heteroatoms. The van der Waals surface area contributed by atoms with Crippen molar-refractivity contribution in [3.05, 3.63) is 46.4 Å². The van der Waals surface area contributed by atoms with Crippen LogP contribution in [0.4, 0.5) is 11.4 Å². The first-order valence-corrected chi connectivity index (χ1v) is 5.44. The average Bonchev–Trinajstić information content (AvgIpc) is 2.26. The summed E-state index contributed by atoms with van der Waals surface area (Å²) in [4.78, 5) is 0. The van der Waals surface area contributed by atoms with Crippen LogP contribution in [0.3, 0.4) is 0 Å². The van der Waals surface area contributed by atoms with Gasteiger partial charge in [-0.05, 0) is 35.4 Å². The smallest absolute Gasteiger partial charge is 0.0641 e. The van der Waals surface area contributed by atoms with Crippen LogP contribution in [0.1, 0.15) is 0 Å². The molecule has 16 heavy (non-hydrogen) atoms. The van der Waals surface area contributed by atoms with Crippen LogP contribution in [0.5, 0.6) is 0 Å². The molecule has 0 aliphatic heterocycles. The van der Waals surface area contributed by atoms with Crippen LogP contribution in [0.25, 0.3) is 11.1 Å². The molecule has 2 nitrogen and oxygen atoms in total. The second-order valence-corrected chi connectivity index (χ2v) is 4.29. The van der Waals surface area contributed by atoms with E-state index >= 15 is 0 Å². The summed E-state index contributed by atoms with van der Waals surface area (Å²) in [5.74, 6) is 0. The van der Waals surface area contributed by atoms with E-state index in [0.717, 1.165) is 11.1 Å². The minimum atomic E-state index is 0.533. The van der Waals surface area contributed by atoms with Gasteiger partial charge in [-0.3, -0.25) is 0 Å². The Balaban J connectivity index is 2.50. The molecule has 0 heterocycles. The van der Waals surface area contributed by atoms with Crippen LogP contribution in [0.15, 0.2) is 36.4 Å². The van der Waals surface area contributed by atoms with Gasteiger partial charge < -0.3 is 11.5 Å². The Bertz CT molecular complexity index is 489. The summed E-state index contributed by atoms with van der Waals surface area (Å²) in [6, 6.07) is 10.9. The van der Waals surface area contributed by atoms with Crippen LogP contribution < -0.4 is 11.5 Å². The minimum absolute atomic E-state index is 0.533. The van der Waals surface area contributed by atoms with Crippen LogP contribution in [-0.2, 0) is 0 Å². The van der Waals surface area contributed by atoms with Gasteiger partial charge in [0.05, 0.1) is 21.4 Å². The Labute approximate surface area is 104 Å². The van der Waals surface area contributed by atoms with E-state index in [1.54, 1.807) is 24.3 Å². The third-order valence-electron chi connectivity index (χ3n) is 2.33. The van der Waals surface area contributed by atoms with Gasteiger partial charge in [-0.1, -0.05) is 35.3 Å². The lowest BCUT2D eigenvalue weighted by Crippen LogP contribution is -1.88. The molecule has 0 unspecified atom stereocenters. The monoisotopic (exact) mass is 264 g/mol. The highest BCUT2D eigenvalue weighted by molar-refractivity contribution is 6.34. The molecule has 0 aromatic heterocycles. The fourth-order valence-corrected chi connectivity index (χ4v) is 1.77. The molecule has 0 amide bonds. The molecule has 0 bridgehead atoms. The number of halogens is 2. The van der Waals surface area contributed by atoms with E-state index in [1.165, 1.54) is 0 Å². The highest BCUT2D eigenvalue weighted by Gasteiger charge is 2.03. The summed E-state index contributed by atoms with van der Waals surface area (Å²) in [5, 5.41) is 1.07. The molecule has 0 aliphatic rings. The maximum atomic E-state index is 5.95. The first kappa shape index (κ1) is 11.1. The second kappa shape index (κ2) is 4.24. The zero-order valence-corrected chi connectivity index (χ0v) is 9.89. The van der Waals surface area contributed by atoms with Crippen molar-refractivity contribution in [2.24, 2.45) is 0 Å². The molecule has 0 aliphatic carbocycles. The third kappa shape index (κ3) is 2.08. The Kier molecular flexibility index (Phi) is 2.95. The van der Waals surface area contributed by atoms with E-state index < -0.39 is 0 Å². The van der Waals surface area contributed by atoms with Crippen molar-refractivity contribution in [1.82, 2.24) is 0 Å². The topological polar surface area (TPSA) is 52.0 Å². The maximum Gasteiger partial charge on any atom is 0.0641 e. The lowest BCUT2D eigenvalue weighted by molar-refractivity contribution is 1.61. The van der Waals surface area contributed by atoms with Crippen molar-refractivity contribution in [1.29, 1.82) is 0 Å². The molecule has 82 valence electrons. The fourth-order valence-electron chi connectivity index (χ4n) is 1.41. The van der Waals surface area contributed by atoms with Gasteiger partial charge in [0.1, 0.15) is 0 Å². The largest absolute Gasteiger partial charge is 0.398 e. The van der Waals surface area contributed by atoms with E-state index in [9.17, 15) is 0 Å². The van der Waals surface area contributed by atoms with Gasteiger partial charge in [-0.15, -0.1) is 0 Å². The zero-order chi connectivity index (χ0) is 11.7. The Morgan fingerprint density at radius 1 is 0.688 bits per heavy atom. The number of nitrogen functional groups attached to an aromatic ring is 2. The van der Waals surface area contributed by atoms with Gasteiger partial charge in [0.2, 0.25) is 0 Å². The summed E-state index contributed by atoms with van der Waals surface area (Å²) in [7, 11) is 0. The minimum Gasteiger partial charge on any atom is -0.398 e. The molecule has 4 N–H and O–H groups in total. The Morgan fingerprint density at radius 2 is 1.06 bits per heavy atom. The molecule has 0 fully saturated rings. The molecule has 2 aromatic carbocycles. The van der Waals surface area contributed by atoms with Crippen LogP contribution >= 0.6 is 23.2 Å². The lowest BCUT2D eigenvalue weighted by Gasteiger charge is -2.06. The summed E-state index contributed by atoms with van der Waals surface area (Å²) in [5.41, 5.74) is 14.3. The van der Waals surface area contributed by atoms with Crippen molar-refractivity contribution >= 4 is 34.6 Å². The molecule has 0 atom stereocenters. The summed E-state index contributed by atoms with van der Waals surface area (Å²) in [6.07, 6.45) is 0. The van der Waals surface area contributed by atoms with Crippen molar-refractivity contribution in [2.75, 3.05) is 11.5 Å². The van der Waals surface area contributed by atoms with Gasteiger partial charge in [0.25, 0.3) is 0 Å². The number of hydrogen-bond donors (Lipinski definition) is 2. The molecule has 0 saturated heterocycles. The normalized spacial score (nSPS) is 10.4. The summed E-state index contributed by atoms with van der Waals surface area (Å²) < 4.78 is 0. The second-order valence-electron chi connectivity index (χ2n) is 3.47. The molecule has 0 radical (unpaired) electrons. The van der Waals surface area contributed by atoms with Gasteiger partial charge in [0, 0.05) is 0 Å². The lowest BCUT2D eigenvalue weighted by atomic mass is 11.0. The van der Waals surface area contributed by atoms with Gasteiger partial charge in [-0.2, -0.15) is 0 Å². The fraction of sp³-hybridized carbons (Fsp3) is 0. The first-order valence-electron chi connectivity index (χ1n) is 4.68. The van der Waals surface area contributed by atoms with Gasteiger partial charge in [0.15, 0.2) is 0 Å². The molecule has 0 spiro atoms. The predicted octanol–water partition coefficient (Wildman–Crippen LogP) is 3.82. The van der Waals surface area contributed by atoms with Crippen molar-refractivity contribution < 1.29 is 0 Å². The number of benzene rings is 2. The quantitative estimate of drug-likeness (QED) is 0.770. The Morgan fingerprint density at radius 3 is 1.38 bits per heavy atom. The number of hydrogen-bond acceptors (Lipinski definition) is 2. The van der Waals surface area contributed by atoms with Crippen molar-refractivity contribution in [3.63, 3.8) is 0 Å². The number of nitrogens with two attached hydrogens (primary N) is 2. The van der Waals surface area contributed by atoms with Crippen molar-refractivity contribution in [2.45, 2.75) is 0 Å². The van der Waals surface area contributed by atoms with Crippen LogP contribution in [0, 0.1) is 0 Å². The van der Waals surface area contributed by atoms with Gasteiger partial charge in [-0.25, -0.2) is 0 Å². The van der Waals surface area contributed by atoms with Crippen LogP contribution in [0.2, 0.25) is 10.0 Å². The zero-order valence-electron chi connectivity index (χ0n) is 8.37. The summed E-state index contributed by atoms with van der Waals surface area (Å²) in [6.45, 7) is 0. The van der Waals surface area contributed by atoms with E-state index in [0.29, 0.717) is 21.4 Å². The SMILES string of the molecule is N[13c]1[13cH][13cH][13c](-[13c]2[13cH][13cH][13c](N)[13c](Cl)[13cH]2)[13cH][13c]1Cl. The molecular formula is C12H10Cl2N2. The van der Waals surface area contributed by atoms with E-state index in [2.05, 4.69) is 0 Å². The Hall–Kier alpha value is -1.38. The highest BCUT2D eigenvalue weighted by Crippen LogP contribution is 2.30. The molecule has 2 aromatic rings. The predicted molar refractivity (Wildman–Crippen MR) is 70.7 cm³/mol. The maximum absolute atomic E-state index is 5.95. The highest BCUT2D eigenvalue weighted by atomic mass is 35.5. The van der Waals surface area contributed by atoms with Crippen molar-refractivity contribution in [3.8, 4) is 11.1 Å². The van der Waals surface area contributed by atoms with E-state index in [-0.39, 0.29) is 0 Å². The van der Waals surface area contributed by atoms with E-state index in [1.807, 2.05) is 12.1 Å². The third-order valence-corrected chi connectivity index (χ3v) is 2.99. The first-order chi connectivity index (χ1) is 7.58. The molecule has 0 saturated carbocycles. The summed E-state index contributed by atoms with van der Waals surface area (Å²) >= 11 is 11.9. The van der Waals surface area contributed by atoms with Crippen LogP contribution in [-0.4, -0.2) is 0 Å². The van der Waals surface area contributed by atoms with Gasteiger partial charge >= 0.3 is 0 Å². The average molecular weight is 265 g/mol. The molecule has 2 rings (SSSR count). The van der Waals surface area contributed by atoms with E-state index in [4.69, 9.17) is 34.7 Å². The standard InChI is InChI=1S/C12H10Cl2N2/c13-9-5-7(1-3-11(9)15)8-2-4-12(16)10(14)6-8/h1-6H,15-16H2/i1+1,2+1,3+1,4+1,5+1,6+1,7+1,8+1,9+1,10+1,11+1,12+1.